The molecule has 5 heteroatoms. The van der Waals surface area contributed by atoms with Gasteiger partial charge in [-0.2, -0.15) is 0 Å². The van der Waals surface area contributed by atoms with Crippen LogP contribution in [0.2, 0.25) is 0 Å². The number of carbonyl (C=O) groups is 1. The molecule has 82 valence electrons. The molecule has 0 fully saturated rings. The fraction of sp³-hybridized carbons (Fsp3) is 0.0909. The van der Waals surface area contributed by atoms with Crippen molar-refractivity contribution in [1.29, 1.82) is 0 Å². The fourth-order valence-electron chi connectivity index (χ4n) is 1.48. The molecule has 5 nitrogen and oxygen atoms in total. The maximum absolute atomic E-state index is 11.5. The van der Waals surface area contributed by atoms with Gasteiger partial charge in [-0.25, -0.2) is 4.79 Å². The molecule has 2 aromatic rings. The lowest BCUT2D eigenvalue weighted by atomic mass is 10.1. The highest BCUT2D eigenvalue weighted by Gasteiger charge is 2.13. The number of carboxylic acid groups (broad SMARTS) is 1. The summed E-state index contributed by atoms with van der Waals surface area (Å²) < 4.78 is 5.21. The highest BCUT2D eigenvalue weighted by Crippen LogP contribution is 2.23. The van der Waals surface area contributed by atoms with Gasteiger partial charge in [-0.1, -0.05) is 0 Å². The van der Waals surface area contributed by atoms with Crippen molar-refractivity contribution in [1.82, 2.24) is 0 Å². The number of aromatic hydroxyl groups is 1. The number of aromatic carboxylic acids is 1. The van der Waals surface area contributed by atoms with Crippen LogP contribution in [0, 0.1) is 6.92 Å². The molecule has 0 bridgehead atoms. The smallest absolute Gasteiger partial charge is 0.339 e. The minimum Gasteiger partial charge on any atom is -0.507 e. The van der Waals surface area contributed by atoms with Crippen LogP contribution in [0.5, 0.6) is 5.75 Å². The van der Waals surface area contributed by atoms with E-state index in [1.54, 1.807) is 6.92 Å². The van der Waals surface area contributed by atoms with Crippen molar-refractivity contribution in [3.05, 3.63) is 39.7 Å². The van der Waals surface area contributed by atoms with E-state index in [-0.39, 0.29) is 22.0 Å². The molecule has 1 aromatic carbocycles. The number of rotatable bonds is 1. The van der Waals surface area contributed by atoms with Gasteiger partial charge in [0.25, 0.3) is 0 Å². The standard InChI is InChI=1S/C11H8O5/c1-5-2-8(12)6-3-9(13)7(11(14)15)4-10(6)16-5/h2-4,13H,1H3,(H,14,15). The van der Waals surface area contributed by atoms with Crippen LogP contribution in [0.3, 0.4) is 0 Å². The molecule has 1 heterocycles. The Labute approximate surface area is 89.6 Å². The van der Waals surface area contributed by atoms with Crippen LogP contribution in [0.25, 0.3) is 11.0 Å². The SMILES string of the molecule is Cc1cc(=O)c2cc(O)c(C(=O)O)cc2o1. The van der Waals surface area contributed by atoms with E-state index in [2.05, 4.69) is 0 Å². The monoisotopic (exact) mass is 220 g/mol. The predicted molar refractivity (Wildman–Crippen MR) is 55.8 cm³/mol. The van der Waals surface area contributed by atoms with Gasteiger partial charge in [0, 0.05) is 6.07 Å². The number of hydrogen-bond acceptors (Lipinski definition) is 4. The summed E-state index contributed by atoms with van der Waals surface area (Å²) >= 11 is 0. The zero-order valence-electron chi connectivity index (χ0n) is 8.35. The Morgan fingerprint density at radius 2 is 2.00 bits per heavy atom. The lowest BCUT2D eigenvalue weighted by molar-refractivity contribution is 0.0693. The summed E-state index contributed by atoms with van der Waals surface area (Å²) in [7, 11) is 0. The van der Waals surface area contributed by atoms with Crippen molar-refractivity contribution in [3.63, 3.8) is 0 Å². The Bertz CT molecular complexity index is 639. The fourth-order valence-corrected chi connectivity index (χ4v) is 1.48. The van der Waals surface area contributed by atoms with Gasteiger partial charge in [0.05, 0.1) is 5.39 Å². The average Bonchev–Trinajstić information content (AvgIpc) is 2.18. The van der Waals surface area contributed by atoms with Crippen molar-refractivity contribution in [2.45, 2.75) is 6.92 Å². The molecule has 1 aromatic heterocycles. The van der Waals surface area contributed by atoms with Gasteiger partial charge >= 0.3 is 5.97 Å². The third kappa shape index (κ3) is 1.52. The van der Waals surface area contributed by atoms with Crippen LogP contribution in [0.15, 0.2) is 27.4 Å². The molecule has 16 heavy (non-hydrogen) atoms. The van der Waals surface area contributed by atoms with Crippen molar-refractivity contribution in [3.8, 4) is 5.75 Å². The maximum Gasteiger partial charge on any atom is 0.339 e. The van der Waals surface area contributed by atoms with Crippen LogP contribution < -0.4 is 5.43 Å². The lowest BCUT2D eigenvalue weighted by Gasteiger charge is -2.02. The molecule has 0 amide bonds. The zero-order chi connectivity index (χ0) is 11.9. The van der Waals surface area contributed by atoms with Crippen molar-refractivity contribution < 1.29 is 19.4 Å². The second kappa shape index (κ2) is 3.37. The van der Waals surface area contributed by atoms with Gasteiger partial charge in [-0.05, 0) is 19.1 Å². The van der Waals surface area contributed by atoms with Crippen LogP contribution in [-0.4, -0.2) is 16.2 Å². The van der Waals surface area contributed by atoms with E-state index in [4.69, 9.17) is 9.52 Å². The Morgan fingerprint density at radius 3 is 2.62 bits per heavy atom. The summed E-state index contributed by atoms with van der Waals surface area (Å²) in [6.45, 7) is 1.59. The van der Waals surface area contributed by atoms with Crippen molar-refractivity contribution in [2.75, 3.05) is 0 Å². The Morgan fingerprint density at radius 1 is 1.31 bits per heavy atom. The van der Waals surface area contributed by atoms with E-state index in [9.17, 15) is 14.7 Å². The summed E-state index contributed by atoms with van der Waals surface area (Å²) in [4.78, 5) is 22.3. The zero-order valence-corrected chi connectivity index (χ0v) is 8.35. The molecule has 2 rings (SSSR count). The number of fused-ring (bicyclic) bond motifs is 1. The molecule has 0 spiro atoms. The molecular weight excluding hydrogens is 212 g/mol. The molecule has 2 N–H and O–H groups in total. The highest BCUT2D eigenvalue weighted by atomic mass is 16.4. The Balaban J connectivity index is 2.90. The lowest BCUT2D eigenvalue weighted by Crippen LogP contribution is -2.03. The van der Waals surface area contributed by atoms with E-state index in [1.807, 2.05) is 0 Å². The van der Waals surface area contributed by atoms with Crippen molar-refractivity contribution >= 4 is 16.9 Å². The van der Waals surface area contributed by atoms with Gasteiger partial charge in [-0.3, -0.25) is 4.79 Å². The second-order valence-corrected chi connectivity index (χ2v) is 3.39. The highest BCUT2D eigenvalue weighted by molar-refractivity contribution is 5.95. The van der Waals surface area contributed by atoms with Crippen LogP contribution in [0.1, 0.15) is 16.1 Å². The predicted octanol–water partition coefficient (Wildman–Crippen LogP) is 1.51. The summed E-state index contributed by atoms with van der Waals surface area (Å²) in [5.41, 5.74) is -0.451. The third-order valence-electron chi connectivity index (χ3n) is 2.20. The first-order valence-corrected chi connectivity index (χ1v) is 4.50. The third-order valence-corrected chi connectivity index (χ3v) is 2.20. The maximum atomic E-state index is 11.5. The van der Waals surface area contributed by atoms with Crippen LogP contribution >= 0.6 is 0 Å². The van der Waals surface area contributed by atoms with E-state index < -0.39 is 11.7 Å². The molecular formula is C11H8O5. The van der Waals surface area contributed by atoms with Gasteiger partial charge in [-0.15, -0.1) is 0 Å². The summed E-state index contributed by atoms with van der Waals surface area (Å²) in [5.74, 6) is -1.33. The van der Waals surface area contributed by atoms with E-state index in [1.165, 1.54) is 6.07 Å². The largest absolute Gasteiger partial charge is 0.507 e. The first-order chi connectivity index (χ1) is 7.49. The van der Waals surface area contributed by atoms with Gasteiger partial charge < -0.3 is 14.6 Å². The van der Waals surface area contributed by atoms with Gasteiger partial charge in [0.1, 0.15) is 22.7 Å². The Kier molecular flexibility index (Phi) is 2.16. The summed E-state index contributed by atoms with van der Waals surface area (Å²) in [6.07, 6.45) is 0. The van der Waals surface area contributed by atoms with E-state index in [0.717, 1.165) is 12.1 Å². The number of phenols is 1. The Hall–Kier alpha value is -2.30. The topological polar surface area (TPSA) is 87.7 Å². The minimum atomic E-state index is -1.27. The average molecular weight is 220 g/mol. The molecule has 0 radical (unpaired) electrons. The minimum absolute atomic E-state index is 0.153. The molecule has 0 saturated heterocycles. The normalized spacial score (nSPS) is 10.6. The second-order valence-electron chi connectivity index (χ2n) is 3.39. The van der Waals surface area contributed by atoms with Gasteiger partial charge in [0.2, 0.25) is 0 Å². The number of benzene rings is 1. The number of hydrogen-bond donors (Lipinski definition) is 2. The first kappa shape index (κ1) is 10.2. The van der Waals surface area contributed by atoms with Gasteiger partial charge in [0.15, 0.2) is 5.43 Å². The first-order valence-electron chi connectivity index (χ1n) is 4.50. The van der Waals surface area contributed by atoms with E-state index in [0.29, 0.717) is 5.76 Å². The van der Waals surface area contributed by atoms with E-state index >= 15 is 0 Å². The number of carboxylic acids is 1. The number of aryl methyl sites for hydroxylation is 1. The molecule has 0 atom stereocenters. The molecule has 0 saturated carbocycles. The van der Waals surface area contributed by atoms with Crippen LogP contribution in [-0.2, 0) is 0 Å². The molecule has 0 aliphatic heterocycles. The quantitative estimate of drug-likeness (QED) is 0.760. The molecule has 0 unspecified atom stereocenters. The summed E-state index contributed by atoms with van der Waals surface area (Å²) in [6, 6.07) is 3.52. The molecule has 0 aliphatic carbocycles. The van der Waals surface area contributed by atoms with Crippen LogP contribution in [0.4, 0.5) is 0 Å². The molecule has 0 aliphatic rings. The van der Waals surface area contributed by atoms with Crippen molar-refractivity contribution in [2.24, 2.45) is 0 Å². The summed E-state index contributed by atoms with van der Waals surface area (Å²) in [5, 5.41) is 18.4.